The Hall–Kier alpha value is -1.92. The zero-order valence-corrected chi connectivity index (χ0v) is 18.9. The zero-order valence-electron chi connectivity index (χ0n) is 18.1. The summed E-state index contributed by atoms with van der Waals surface area (Å²) < 4.78 is 0. The smallest absolute Gasteiger partial charge is 0.233 e. The van der Waals surface area contributed by atoms with Crippen LogP contribution in [-0.4, -0.2) is 32.3 Å². The van der Waals surface area contributed by atoms with E-state index in [9.17, 15) is 9.90 Å². The highest BCUT2D eigenvalue weighted by Crippen LogP contribution is 2.49. The summed E-state index contributed by atoms with van der Waals surface area (Å²) in [6.45, 7) is 1.88. The van der Waals surface area contributed by atoms with Crippen LogP contribution in [0.2, 0.25) is 0 Å². The van der Waals surface area contributed by atoms with Gasteiger partial charge in [-0.05, 0) is 87.3 Å². The molecule has 3 atom stereocenters. The fourth-order valence-electron chi connectivity index (χ4n) is 4.63. The number of hydrogen-bond acceptors (Lipinski definition) is 5. The third-order valence-electron chi connectivity index (χ3n) is 6.70. The Morgan fingerprint density at radius 3 is 2.65 bits per heavy atom. The normalized spacial score (nSPS) is 24.2. The van der Waals surface area contributed by atoms with E-state index in [1.807, 2.05) is 18.7 Å². The maximum absolute atomic E-state index is 13.4. The van der Waals surface area contributed by atoms with Gasteiger partial charge in [0.15, 0.2) is 5.82 Å². The maximum atomic E-state index is 13.4. The first-order valence-electron chi connectivity index (χ1n) is 11.6. The molecule has 3 fully saturated rings. The number of amides is 1. The van der Waals surface area contributed by atoms with Gasteiger partial charge in [-0.25, -0.2) is 4.98 Å². The van der Waals surface area contributed by atoms with Crippen LogP contribution in [0.5, 0.6) is 0 Å². The Bertz CT molecular complexity index is 940. The number of anilines is 1. The van der Waals surface area contributed by atoms with Crippen LogP contribution in [0.1, 0.15) is 80.0 Å². The molecule has 5 rings (SSSR count). The summed E-state index contributed by atoms with van der Waals surface area (Å²) in [4.78, 5) is 23.4. The molecule has 2 N–H and O–H groups in total. The third kappa shape index (κ3) is 5.29. The van der Waals surface area contributed by atoms with Crippen molar-refractivity contribution in [1.82, 2.24) is 9.97 Å². The van der Waals surface area contributed by atoms with Crippen molar-refractivity contribution < 1.29 is 9.90 Å². The number of aliphatic hydroxyl groups excluding tert-OH is 1. The van der Waals surface area contributed by atoms with Gasteiger partial charge in [0.2, 0.25) is 5.91 Å². The molecule has 0 radical (unpaired) electrons. The lowest BCUT2D eigenvalue weighted by Gasteiger charge is -2.22. The van der Waals surface area contributed by atoms with E-state index in [1.54, 1.807) is 12.4 Å². The van der Waals surface area contributed by atoms with E-state index in [4.69, 9.17) is 0 Å². The van der Waals surface area contributed by atoms with Gasteiger partial charge in [0.1, 0.15) is 0 Å². The van der Waals surface area contributed by atoms with E-state index in [1.165, 1.54) is 36.1 Å². The number of nitrogens with zero attached hydrogens (tertiary/aromatic N) is 2. The van der Waals surface area contributed by atoms with Crippen molar-refractivity contribution in [3.05, 3.63) is 47.4 Å². The maximum Gasteiger partial charge on any atom is 0.233 e. The molecule has 1 amide bonds. The van der Waals surface area contributed by atoms with Crippen LogP contribution in [0, 0.1) is 12.8 Å². The highest BCUT2D eigenvalue weighted by molar-refractivity contribution is 8.00. The fourth-order valence-corrected chi connectivity index (χ4v) is 5.87. The molecule has 3 saturated carbocycles. The van der Waals surface area contributed by atoms with Gasteiger partial charge in [0.05, 0.1) is 30.1 Å². The van der Waals surface area contributed by atoms with Crippen molar-refractivity contribution in [3.8, 4) is 0 Å². The molecule has 1 aromatic carbocycles. The van der Waals surface area contributed by atoms with Gasteiger partial charge in [0, 0.05) is 10.1 Å². The lowest BCUT2D eigenvalue weighted by Crippen LogP contribution is -2.24. The molecule has 2 aromatic rings. The first-order chi connectivity index (χ1) is 15.0. The van der Waals surface area contributed by atoms with Gasteiger partial charge in [-0.1, -0.05) is 12.1 Å². The lowest BCUT2D eigenvalue weighted by atomic mass is 9.86. The average molecular weight is 438 g/mol. The van der Waals surface area contributed by atoms with Gasteiger partial charge in [0.25, 0.3) is 0 Å². The Balaban J connectivity index is 1.40. The number of aryl methyl sites for hydroxylation is 1. The minimum absolute atomic E-state index is 0.0242. The van der Waals surface area contributed by atoms with Crippen LogP contribution < -0.4 is 5.32 Å². The van der Waals surface area contributed by atoms with Crippen LogP contribution in [0.4, 0.5) is 5.82 Å². The molecule has 164 valence electrons. The summed E-state index contributed by atoms with van der Waals surface area (Å²) in [6, 6.07) is 6.72. The SMILES string of the molecule is Cc1cnc(NC(=O)[C@H](C[C@H]2CCC(O)C2)c2ccc(SC3CC3)c(C3CC3)c2)cn1. The van der Waals surface area contributed by atoms with Crippen LogP contribution >= 0.6 is 11.8 Å². The predicted octanol–water partition coefficient (Wildman–Crippen LogP) is 5.19. The minimum Gasteiger partial charge on any atom is -0.393 e. The number of aliphatic hydroxyl groups is 1. The number of nitrogens with one attached hydrogen (secondary N) is 1. The second-order valence-corrected chi connectivity index (χ2v) is 10.9. The monoisotopic (exact) mass is 437 g/mol. The molecule has 1 heterocycles. The second-order valence-electron chi connectivity index (χ2n) is 9.54. The molecule has 1 unspecified atom stereocenters. The van der Waals surface area contributed by atoms with Crippen molar-refractivity contribution >= 4 is 23.5 Å². The zero-order chi connectivity index (χ0) is 21.4. The predicted molar refractivity (Wildman–Crippen MR) is 123 cm³/mol. The number of hydrogen-bond donors (Lipinski definition) is 2. The summed E-state index contributed by atoms with van der Waals surface area (Å²) in [6.07, 6.45) is 11.6. The quantitative estimate of drug-likeness (QED) is 0.594. The number of thioether (sulfide) groups is 1. The van der Waals surface area contributed by atoms with E-state index in [0.29, 0.717) is 17.7 Å². The van der Waals surface area contributed by atoms with E-state index in [2.05, 4.69) is 33.5 Å². The molecule has 6 heteroatoms. The standard InChI is InChI=1S/C25H31N3O2S/c1-15-13-27-24(14-26-15)28-25(30)22(11-16-2-6-19(29)10-16)18-5-9-23(31-20-7-8-20)21(12-18)17-3-4-17/h5,9,12-14,16-17,19-20,22,29H,2-4,6-8,10-11H2,1H3,(H,27,28,30)/t16-,19?,22+/m0/s1. The van der Waals surface area contributed by atoms with E-state index in [-0.39, 0.29) is 17.9 Å². The van der Waals surface area contributed by atoms with E-state index < -0.39 is 0 Å². The highest BCUT2D eigenvalue weighted by atomic mass is 32.2. The van der Waals surface area contributed by atoms with Gasteiger partial charge in [-0.15, -0.1) is 11.8 Å². The van der Waals surface area contributed by atoms with Crippen LogP contribution in [0.25, 0.3) is 0 Å². The first-order valence-corrected chi connectivity index (χ1v) is 12.5. The molecule has 5 nitrogen and oxygen atoms in total. The molecule has 3 aliphatic carbocycles. The van der Waals surface area contributed by atoms with E-state index >= 15 is 0 Å². The third-order valence-corrected chi connectivity index (χ3v) is 8.13. The number of benzene rings is 1. The van der Waals surface area contributed by atoms with Gasteiger partial charge in [-0.3, -0.25) is 9.78 Å². The number of carbonyl (C=O) groups is 1. The molecule has 0 saturated heterocycles. The molecule has 0 aliphatic heterocycles. The Morgan fingerprint density at radius 2 is 2.00 bits per heavy atom. The topological polar surface area (TPSA) is 75.1 Å². The fraction of sp³-hybridized carbons (Fsp3) is 0.560. The summed E-state index contributed by atoms with van der Waals surface area (Å²) in [5.41, 5.74) is 3.36. The minimum atomic E-state index is -0.240. The van der Waals surface area contributed by atoms with E-state index in [0.717, 1.165) is 42.2 Å². The summed E-state index contributed by atoms with van der Waals surface area (Å²) in [5, 5.41) is 13.8. The number of aromatic nitrogens is 2. The lowest BCUT2D eigenvalue weighted by molar-refractivity contribution is -0.118. The van der Waals surface area contributed by atoms with Gasteiger partial charge < -0.3 is 10.4 Å². The summed E-state index contributed by atoms with van der Waals surface area (Å²) >= 11 is 2.02. The average Bonchev–Trinajstić information content (AvgIpc) is 3.68. The Labute approximate surface area is 188 Å². The Morgan fingerprint density at radius 1 is 1.16 bits per heavy atom. The summed E-state index contributed by atoms with van der Waals surface area (Å²) in [7, 11) is 0. The molecule has 31 heavy (non-hydrogen) atoms. The first kappa shape index (κ1) is 21.0. The van der Waals surface area contributed by atoms with Gasteiger partial charge in [-0.2, -0.15) is 0 Å². The molecular formula is C25H31N3O2S. The highest BCUT2D eigenvalue weighted by Gasteiger charge is 2.33. The van der Waals surface area contributed by atoms with Crippen molar-refractivity contribution in [3.63, 3.8) is 0 Å². The molecule has 0 bridgehead atoms. The van der Waals surface area contributed by atoms with Crippen LogP contribution in [0.15, 0.2) is 35.5 Å². The van der Waals surface area contributed by atoms with Crippen molar-refractivity contribution in [2.45, 2.75) is 86.4 Å². The summed E-state index contributed by atoms with van der Waals surface area (Å²) in [5.74, 6) is 1.26. The molecule has 0 spiro atoms. The number of rotatable bonds is 8. The number of carbonyl (C=O) groups excluding carboxylic acids is 1. The van der Waals surface area contributed by atoms with Crippen LogP contribution in [-0.2, 0) is 4.79 Å². The largest absolute Gasteiger partial charge is 0.393 e. The van der Waals surface area contributed by atoms with Crippen molar-refractivity contribution in [1.29, 1.82) is 0 Å². The molecule has 3 aliphatic rings. The van der Waals surface area contributed by atoms with Crippen molar-refractivity contribution in [2.24, 2.45) is 5.92 Å². The Kier molecular flexibility index (Phi) is 6.02. The van der Waals surface area contributed by atoms with Crippen molar-refractivity contribution in [2.75, 3.05) is 5.32 Å². The second kappa shape index (κ2) is 8.91. The van der Waals surface area contributed by atoms with Crippen LogP contribution in [0.3, 0.4) is 0 Å². The molecule has 1 aromatic heterocycles. The van der Waals surface area contributed by atoms with Gasteiger partial charge >= 0.3 is 0 Å². The molecular weight excluding hydrogens is 406 g/mol.